The molecule has 0 aliphatic carbocycles. The lowest BCUT2D eigenvalue weighted by molar-refractivity contribution is 0.00155. The van der Waals surface area contributed by atoms with Crippen molar-refractivity contribution in [2.75, 3.05) is 13.1 Å². The maximum absolute atomic E-state index is 12.9. The van der Waals surface area contributed by atoms with E-state index in [1.807, 2.05) is 0 Å². The Morgan fingerprint density at radius 2 is 2.04 bits per heavy atom. The third kappa shape index (κ3) is 5.03. The minimum atomic E-state index is -0.451. The number of hydrogen-bond donors (Lipinski definition) is 0. The van der Waals surface area contributed by atoms with Crippen molar-refractivity contribution < 1.29 is 23.5 Å². The molecule has 2 aromatic rings. The minimum absolute atomic E-state index is 0.0222. The molecular weight excluding hydrogens is 365 g/mol. The Morgan fingerprint density at radius 1 is 1.29 bits per heavy atom. The van der Waals surface area contributed by atoms with Crippen LogP contribution in [-0.4, -0.2) is 52.0 Å². The molecule has 0 radical (unpaired) electrons. The van der Waals surface area contributed by atoms with Gasteiger partial charge in [0.05, 0.1) is 31.8 Å². The average molecular weight is 387 g/mol. The predicted molar refractivity (Wildman–Crippen MR) is 98.8 cm³/mol. The van der Waals surface area contributed by atoms with E-state index in [0.29, 0.717) is 30.2 Å². The van der Waals surface area contributed by atoms with Crippen LogP contribution in [0.1, 0.15) is 35.7 Å². The molecule has 0 saturated carbocycles. The topological polar surface area (TPSA) is 81.6 Å². The van der Waals surface area contributed by atoms with Gasteiger partial charge in [0.25, 0.3) is 0 Å². The van der Waals surface area contributed by atoms with E-state index in [2.05, 4.69) is 9.97 Å². The van der Waals surface area contributed by atoms with Crippen LogP contribution in [0, 0.1) is 12.7 Å². The van der Waals surface area contributed by atoms with Crippen molar-refractivity contribution in [2.45, 2.75) is 39.4 Å². The van der Waals surface area contributed by atoms with Crippen LogP contribution >= 0.6 is 0 Å². The van der Waals surface area contributed by atoms with E-state index in [1.54, 1.807) is 37.8 Å². The molecule has 0 aromatic carbocycles. The molecule has 0 N–H and O–H groups in total. The molecule has 1 saturated heterocycles. The molecule has 1 aliphatic heterocycles. The molecule has 0 unspecified atom stereocenters. The first-order chi connectivity index (χ1) is 13.3. The number of halogens is 1. The van der Waals surface area contributed by atoms with E-state index in [4.69, 9.17) is 9.47 Å². The minimum Gasteiger partial charge on any atom is -0.487 e. The van der Waals surface area contributed by atoms with Gasteiger partial charge in [0.2, 0.25) is 0 Å². The number of hydrogen-bond acceptors (Lipinski definition) is 6. The van der Waals surface area contributed by atoms with Crippen LogP contribution in [0.3, 0.4) is 0 Å². The molecule has 1 fully saturated rings. The lowest BCUT2D eigenvalue weighted by Crippen LogP contribution is -2.56. The second kappa shape index (κ2) is 8.33. The van der Waals surface area contributed by atoms with Gasteiger partial charge in [-0.25, -0.2) is 14.2 Å². The van der Waals surface area contributed by atoms with Gasteiger partial charge in [0, 0.05) is 23.5 Å². The Labute approximate surface area is 162 Å². The lowest BCUT2D eigenvalue weighted by atomic mass is 10.1. The van der Waals surface area contributed by atoms with Gasteiger partial charge in [0.1, 0.15) is 23.4 Å². The summed E-state index contributed by atoms with van der Waals surface area (Å²) < 4.78 is 23.9. The van der Waals surface area contributed by atoms with Gasteiger partial charge in [-0.05, 0) is 32.9 Å². The number of carbonyl (C=O) groups is 2. The quantitative estimate of drug-likeness (QED) is 0.709. The predicted octanol–water partition coefficient (Wildman–Crippen LogP) is 2.96. The van der Waals surface area contributed by atoms with E-state index in [9.17, 15) is 14.0 Å². The molecule has 3 heterocycles. The summed E-state index contributed by atoms with van der Waals surface area (Å²) in [4.78, 5) is 34.0. The number of Topliss-reactive ketones (excluding diaryl/α,β-unsaturated/α-hetero) is 1. The molecule has 28 heavy (non-hydrogen) atoms. The number of pyridine rings is 2. The first-order valence-electron chi connectivity index (χ1n) is 9.04. The number of likely N-dealkylation sites (tertiary alicyclic amines) is 1. The van der Waals surface area contributed by atoms with Crippen LogP contribution in [0.2, 0.25) is 0 Å². The fourth-order valence-corrected chi connectivity index (χ4v) is 2.74. The highest BCUT2D eigenvalue weighted by atomic mass is 19.1. The summed E-state index contributed by atoms with van der Waals surface area (Å²) in [6.45, 7) is 6.22. The highest BCUT2D eigenvalue weighted by Crippen LogP contribution is 2.21. The summed E-state index contributed by atoms with van der Waals surface area (Å²) in [5, 5.41) is 0. The molecule has 1 aliphatic rings. The van der Waals surface area contributed by atoms with Crippen molar-refractivity contribution >= 4 is 11.9 Å². The highest BCUT2D eigenvalue weighted by molar-refractivity contribution is 5.95. The van der Waals surface area contributed by atoms with Crippen molar-refractivity contribution in [1.82, 2.24) is 14.9 Å². The highest BCUT2D eigenvalue weighted by Gasteiger charge is 2.34. The van der Waals surface area contributed by atoms with Crippen LogP contribution in [-0.2, 0) is 11.2 Å². The van der Waals surface area contributed by atoms with Crippen molar-refractivity contribution in [3.8, 4) is 5.75 Å². The summed E-state index contributed by atoms with van der Waals surface area (Å²) in [5.41, 5.74) is 1.37. The number of aromatic nitrogens is 2. The van der Waals surface area contributed by atoms with Crippen molar-refractivity contribution in [2.24, 2.45) is 0 Å². The van der Waals surface area contributed by atoms with E-state index in [0.717, 1.165) is 6.20 Å². The number of nitrogens with zero attached hydrogens (tertiary/aromatic N) is 3. The van der Waals surface area contributed by atoms with Crippen LogP contribution < -0.4 is 4.74 Å². The van der Waals surface area contributed by atoms with E-state index < -0.39 is 5.82 Å². The number of rotatable bonds is 6. The number of aryl methyl sites for hydroxylation is 1. The van der Waals surface area contributed by atoms with Gasteiger partial charge in [-0.2, -0.15) is 0 Å². The fourth-order valence-electron chi connectivity index (χ4n) is 2.74. The smallest absolute Gasteiger partial charge is 0.410 e. The van der Waals surface area contributed by atoms with Gasteiger partial charge in [0.15, 0.2) is 5.78 Å². The Bertz CT molecular complexity index is 864. The van der Waals surface area contributed by atoms with Crippen LogP contribution in [0.25, 0.3) is 0 Å². The number of ether oxygens (including phenoxy) is 2. The number of carbonyl (C=O) groups excluding carboxylic acids is 2. The SMILES string of the molecule is Cc1cc(OC2CN(C(=O)OC(C)C)C2)cc(C(=O)Cc2ccc(F)cn2)n1. The van der Waals surface area contributed by atoms with E-state index in [1.165, 1.54) is 12.1 Å². The summed E-state index contributed by atoms with van der Waals surface area (Å²) >= 11 is 0. The summed E-state index contributed by atoms with van der Waals surface area (Å²) in [5.74, 6) is -0.166. The normalized spacial score (nSPS) is 14.0. The molecule has 0 bridgehead atoms. The van der Waals surface area contributed by atoms with Crippen molar-refractivity contribution in [1.29, 1.82) is 0 Å². The zero-order valence-corrected chi connectivity index (χ0v) is 16.0. The van der Waals surface area contributed by atoms with Crippen LogP contribution in [0.5, 0.6) is 5.75 Å². The molecule has 8 heteroatoms. The summed E-state index contributed by atoms with van der Waals surface area (Å²) in [6.07, 6.45) is 0.410. The zero-order chi connectivity index (χ0) is 20.3. The molecule has 0 atom stereocenters. The largest absolute Gasteiger partial charge is 0.487 e. The number of ketones is 1. The molecule has 148 valence electrons. The maximum Gasteiger partial charge on any atom is 0.410 e. The third-order valence-corrected chi connectivity index (χ3v) is 4.09. The fraction of sp³-hybridized carbons (Fsp3) is 0.400. The standard InChI is InChI=1S/C20H22FN3O4/c1-12(2)27-20(26)24-10-17(11-24)28-16-6-13(3)23-18(8-16)19(25)7-15-5-4-14(21)9-22-15/h4-6,8-9,12,17H,7,10-11H2,1-3H3. The van der Waals surface area contributed by atoms with Crippen molar-refractivity contribution in [3.05, 3.63) is 53.4 Å². The number of amides is 1. The van der Waals surface area contributed by atoms with Gasteiger partial charge < -0.3 is 14.4 Å². The molecular formula is C20H22FN3O4. The zero-order valence-electron chi connectivity index (χ0n) is 16.0. The van der Waals surface area contributed by atoms with Gasteiger partial charge in [-0.3, -0.25) is 9.78 Å². The van der Waals surface area contributed by atoms with Gasteiger partial charge in [-0.15, -0.1) is 0 Å². The average Bonchev–Trinajstić information content (AvgIpc) is 2.58. The third-order valence-electron chi connectivity index (χ3n) is 4.09. The molecule has 1 amide bonds. The van der Waals surface area contributed by atoms with Crippen molar-refractivity contribution in [3.63, 3.8) is 0 Å². The Hall–Kier alpha value is -3.03. The monoisotopic (exact) mass is 387 g/mol. The van der Waals surface area contributed by atoms with Gasteiger partial charge in [-0.1, -0.05) is 0 Å². The first kappa shape index (κ1) is 19.7. The van der Waals surface area contributed by atoms with E-state index in [-0.39, 0.29) is 36.2 Å². The summed E-state index contributed by atoms with van der Waals surface area (Å²) in [6, 6.07) is 6.05. The van der Waals surface area contributed by atoms with E-state index >= 15 is 0 Å². The first-order valence-corrected chi connectivity index (χ1v) is 9.04. The molecule has 0 spiro atoms. The molecule has 2 aromatic heterocycles. The van der Waals surface area contributed by atoms with Gasteiger partial charge >= 0.3 is 6.09 Å². The second-order valence-electron chi connectivity index (χ2n) is 6.97. The summed E-state index contributed by atoms with van der Waals surface area (Å²) in [7, 11) is 0. The maximum atomic E-state index is 12.9. The van der Waals surface area contributed by atoms with Crippen LogP contribution in [0.4, 0.5) is 9.18 Å². The Balaban J connectivity index is 1.60. The second-order valence-corrected chi connectivity index (χ2v) is 6.97. The van der Waals surface area contributed by atoms with Crippen LogP contribution in [0.15, 0.2) is 30.5 Å². The molecule has 3 rings (SSSR count). The lowest BCUT2D eigenvalue weighted by Gasteiger charge is -2.38. The Kier molecular flexibility index (Phi) is 5.87. The molecule has 7 nitrogen and oxygen atoms in total. The Morgan fingerprint density at radius 3 is 2.68 bits per heavy atom.